The van der Waals surface area contributed by atoms with Crippen molar-refractivity contribution in [2.24, 2.45) is 0 Å². The molecule has 74 valence electrons. The third kappa shape index (κ3) is 1.72. The Labute approximate surface area is 100 Å². The number of hydrogen-bond acceptors (Lipinski definition) is 3. The zero-order valence-electron chi connectivity index (χ0n) is 7.13. The van der Waals surface area contributed by atoms with Crippen molar-refractivity contribution in [1.82, 2.24) is 9.97 Å². The van der Waals surface area contributed by atoms with Gasteiger partial charge in [0, 0.05) is 0 Å². The molecule has 0 saturated heterocycles. The van der Waals surface area contributed by atoms with E-state index >= 15 is 0 Å². The predicted molar refractivity (Wildman–Crippen MR) is 59.3 cm³/mol. The Bertz CT molecular complexity index is 589. The summed E-state index contributed by atoms with van der Waals surface area (Å²) in [6.45, 7) is 0. The van der Waals surface area contributed by atoms with Gasteiger partial charge in [-0.15, -0.1) is 0 Å². The van der Waals surface area contributed by atoms with Crippen LogP contribution in [0.5, 0.6) is 0 Å². The molecule has 6 heteroatoms. The van der Waals surface area contributed by atoms with Crippen LogP contribution in [0.2, 0.25) is 15.3 Å². The van der Waals surface area contributed by atoms with Crippen LogP contribution >= 0.6 is 34.8 Å². The largest absolute Gasteiger partial charge is 0.233 e. The molecule has 3 nitrogen and oxygen atoms in total. The van der Waals surface area contributed by atoms with Gasteiger partial charge in [0.25, 0.3) is 0 Å². The van der Waals surface area contributed by atoms with Gasteiger partial charge < -0.3 is 0 Å². The molecular weight excluding hydrogens is 256 g/mol. The maximum Gasteiger partial charge on any atom is 0.149 e. The van der Waals surface area contributed by atoms with Gasteiger partial charge in [0.15, 0.2) is 0 Å². The lowest BCUT2D eigenvalue weighted by atomic mass is 10.2. The zero-order valence-corrected chi connectivity index (χ0v) is 9.40. The number of rotatable bonds is 0. The van der Waals surface area contributed by atoms with Crippen LogP contribution in [-0.2, 0) is 0 Å². The van der Waals surface area contributed by atoms with Crippen LogP contribution in [0.15, 0.2) is 12.1 Å². The fraction of sp³-hybridized carbons (Fsp3) is 0. The van der Waals surface area contributed by atoms with Gasteiger partial charge in [-0.2, -0.15) is 5.26 Å². The molecule has 0 bridgehead atoms. The average Bonchev–Trinajstić information content (AvgIpc) is 2.20. The highest BCUT2D eigenvalue weighted by atomic mass is 35.5. The van der Waals surface area contributed by atoms with Gasteiger partial charge in [-0.25, -0.2) is 9.97 Å². The molecule has 2 heterocycles. The van der Waals surface area contributed by atoms with E-state index in [0.29, 0.717) is 11.0 Å². The summed E-state index contributed by atoms with van der Waals surface area (Å²) in [5, 5.41) is 9.34. The molecule has 0 aliphatic heterocycles. The van der Waals surface area contributed by atoms with E-state index < -0.39 is 0 Å². The molecule has 0 saturated carbocycles. The summed E-state index contributed by atoms with van der Waals surface area (Å²) in [6.07, 6.45) is 0. The molecule has 0 aliphatic carbocycles. The van der Waals surface area contributed by atoms with Gasteiger partial charge in [0.1, 0.15) is 27.5 Å². The maximum atomic E-state index is 8.81. The molecule has 0 aromatic carbocycles. The molecule has 0 aliphatic rings. The molecular formula is C9H2Cl3N3. The minimum absolute atomic E-state index is 0.0686. The number of aromatic nitrogens is 2. The quantitative estimate of drug-likeness (QED) is 0.680. The summed E-state index contributed by atoms with van der Waals surface area (Å²) < 4.78 is 0. The summed E-state index contributed by atoms with van der Waals surface area (Å²) in [5.74, 6) is 0. The average molecular weight is 258 g/mol. The summed E-state index contributed by atoms with van der Waals surface area (Å²) in [4.78, 5) is 7.97. The smallest absolute Gasteiger partial charge is 0.149 e. The molecule has 2 aromatic rings. The molecule has 0 fully saturated rings. The van der Waals surface area contributed by atoms with E-state index in [2.05, 4.69) is 9.97 Å². The van der Waals surface area contributed by atoms with Crippen molar-refractivity contribution in [3.05, 3.63) is 33.0 Å². The standard InChI is InChI=1S/C9H2Cl3N3/c10-6-2-1-5-8(15-6)7(11)4(3-13)9(12)14-5/h1-2H. The number of nitrogens with zero attached hydrogens (tertiary/aromatic N) is 3. The highest BCUT2D eigenvalue weighted by Gasteiger charge is 2.13. The first-order valence-electron chi connectivity index (χ1n) is 3.85. The van der Waals surface area contributed by atoms with Gasteiger partial charge >= 0.3 is 0 Å². The predicted octanol–water partition coefficient (Wildman–Crippen LogP) is 3.46. The first-order valence-corrected chi connectivity index (χ1v) is 4.98. The molecule has 15 heavy (non-hydrogen) atoms. The number of nitriles is 1. The second kappa shape index (κ2) is 3.82. The summed E-state index contributed by atoms with van der Waals surface area (Å²) in [5.41, 5.74) is 0.999. The molecule has 0 amide bonds. The minimum atomic E-state index is 0.0686. The second-order valence-corrected chi connectivity index (χ2v) is 3.83. The first-order chi connectivity index (χ1) is 7.13. The third-order valence-corrected chi connectivity index (χ3v) is 2.66. The Balaban J connectivity index is 2.94. The van der Waals surface area contributed by atoms with Crippen molar-refractivity contribution in [1.29, 1.82) is 5.26 Å². The molecule has 2 rings (SSSR count). The monoisotopic (exact) mass is 257 g/mol. The Morgan fingerprint density at radius 2 is 1.87 bits per heavy atom. The number of pyridine rings is 2. The van der Waals surface area contributed by atoms with Crippen molar-refractivity contribution < 1.29 is 0 Å². The van der Waals surface area contributed by atoms with Gasteiger partial charge in [-0.05, 0) is 12.1 Å². The topological polar surface area (TPSA) is 49.6 Å². The van der Waals surface area contributed by atoms with E-state index in [4.69, 9.17) is 40.1 Å². The van der Waals surface area contributed by atoms with Crippen LogP contribution in [0.4, 0.5) is 0 Å². The highest BCUT2D eigenvalue weighted by Crippen LogP contribution is 2.29. The second-order valence-electron chi connectivity index (χ2n) is 2.71. The van der Waals surface area contributed by atoms with Crippen LogP contribution in [0.25, 0.3) is 11.0 Å². The Hall–Kier alpha value is -1.08. The fourth-order valence-electron chi connectivity index (χ4n) is 1.15. The van der Waals surface area contributed by atoms with Crippen molar-refractivity contribution in [3.8, 4) is 6.07 Å². The van der Waals surface area contributed by atoms with Crippen LogP contribution in [0, 0.1) is 11.3 Å². The Morgan fingerprint density at radius 1 is 1.13 bits per heavy atom. The maximum absolute atomic E-state index is 8.81. The van der Waals surface area contributed by atoms with Gasteiger partial charge in [-0.3, -0.25) is 0 Å². The van der Waals surface area contributed by atoms with Gasteiger partial charge in [-0.1, -0.05) is 34.8 Å². The normalized spacial score (nSPS) is 10.3. The molecule has 0 unspecified atom stereocenters. The lowest BCUT2D eigenvalue weighted by Crippen LogP contribution is -1.90. The van der Waals surface area contributed by atoms with E-state index in [1.807, 2.05) is 6.07 Å². The van der Waals surface area contributed by atoms with Gasteiger partial charge in [0.05, 0.1) is 10.5 Å². The molecule has 0 spiro atoms. The van der Waals surface area contributed by atoms with Crippen LogP contribution in [-0.4, -0.2) is 9.97 Å². The number of halogens is 3. The Kier molecular flexibility index (Phi) is 2.66. The SMILES string of the molecule is N#Cc1c(Cl)nc2ccc(Cl)nc2c1Cl. The third-order valence-electron chi connectivity index (χ3n) is 1.80. The molecule has 0 radical (unpaired) electrons. The number of fused-ring (bicyclic) bond motifs is 1. The van der Waals surface area contributed by atoms with E-state index in [0.717, 1.165) is 0 Å². The minimum Gasteiger partial charge on any atom is -0.233 e. The van der Waals surface area contributed by atoms with E-state index in [9.17, 15) is 0 Å². The Morgan fingerprint density at radius 3 is 2.53 bits per heavy atom. The molecule has 2 aromatic heterocycles. The van der Waals surface area contributed by atoms with Crippen molar-refractivity contribution in [2.75, 3.05) is 0 Å². The van der Waals surface area contributed by atoms with Crippen molar-refractivity contribution >= 4 is 45.8 Å². The molecule has 0 atom stereocenters. The summed E-state index contributed by atoms with van der Waals surface area (Å²) in [6, 6.07) is 5.09. The van der Waals surface area contributed by atoms with E-state index in [-0.39, 0.29) is 20.9 Å². The highest BCUT2D eigenvalue weighted by molar-refractivity contribution is 6.39. The summed E-state index contributed by atoms with van der Waals surface area (Å²) >= 11 is 17.4. The fourth-order valence-corrected chi connectivity index (χ4v) is 1.84. The van der Waals surface area contributed by atoms with Crippen molar-refractivity contribution in [2.45, 2.75) is 0 Å². The lowest BCUT2D eigenvalue weighted by Gasteiger charge is -2.02. The van der Waals surface area contributed by atoms with Crippen LogP contribution < -0.4 is 0 Å². The van der Waals surface area contributed by atoms with Crippen molar-refractivity contribution in [3.63, 3.8) is 0 Å². The van der Waals surface area contributed by atoms with Crippen LogP contribution in [0.3, 0.4) is 0 Å². The van der Waals surface area contributed by atoms with Crippen LogP contribution in [0.1, 0.15) is 5.56 Å². The van der Waals surface area contributed by atoms with Gasteiger partial charge in [0.2, 0.25) is 0 Å². The lowest BCUT2D eigenvalue weighted by molar-refractivity contribution is 1.32. The zero-order chi connectivity index (χ0) is 11.0. The summed E-state index contributed by atoms with van der Waals surface area (Å²) in [7, 11) is 0. The van der Waals surface area contributed by atoms with E-state index in [1.165, 1.54) is 0 Å². The first kappa shape index (κ1) is 10.4. The van der Waals surface area contributed by atoms with E-state index in [1.54, 1.807) is 12.1 Å². The number of hydrogen-bond donors (Lipinski definition) is 0. The molecule has 0 N–H and O–H groups in total.